The van der Waals surface area contributed by atoms with Crippen LogP contribution in [0.4, 0.5) is 0 Å². The summed E-state index contributed by atoms with van der Waals surface area (Å²) in [6.07, 6.45) is 1.93. The van der Waals surface area contributed by atoms with Gasteiger partial charge in [-0.1, -0.05) is 22.0 Å². The van der Waals surface area contributed by atoms with Crippen LogP contribution in [0, 0.1) is 0 Å². The maximum absolute atomic E-state index is 9.31. The van der Waals surface area contributed by atoms with Crippen LogP contribution in [0.15, 0.2) is 34.9 Å². The zero-order chi connectivity index (χ0) is 11.5. The Balaban J connectivity index is 2.22. The van der Waals surface area contributed by atoms with E-state index in [4.69, 9.17) is 5.11 Å². The fourth-order valence-corrected chi connectivity index (χ4v) is 2.25. The minimum absolute atomic E-state index is 0.178. The van der Waals surface area contributed by atoms with Crippen molar-refractivity contribution < 1.29 is 10.2 Å². The first kappa shape index (κ1) is 11.6. The average molecular weight is 284 g/mol. The predicted octanol–water partition coefficient (Wildman–Crippen LogP) is 2.15. The number of hydrogen-bond donors (Lipinski definition) is 2. The lowest BCUT2D eigenvalue weighted by Gasteiger charge is -2.09. The molecule has 2 N–H and O–H groups in total. The van der Waals surface area contributed by atoms with E-state index in [2.05, 4.69) is 20.5 Å². The van der Waals surface area contributed by atoms with Crippen molar-refractivity contribution in [3.05, 3.63) is 34.9 Å². The van der Waals surface area contributed by atoms with E-state index in [9.17, 15) is 5.11 Å². The normalized spacial score (nSPS) is 13.2. The van der Waals surface area contributed by atoms with Crippen LogP contribution in [0.1, 0.15) is 6.42 Å². The summed E-state index contributed by atoms with van der Waals surface area (Å²) in [7, 11) is 0. The summed E-state index contributed by atoms with van der Waals surface area (Å²) in [6.45, 7) is 0.532. The SMILES string of the molecule is OCC(O)CCn1ccc2c(Br)cccc21. The molecule has 16 heavy (non-hydrogen) atoms. The van der Waals surface area contributed by atoms with E-state index in [1.165, 1.54) is 5.39 Å². The lowest BCUT2D eigenvalue weighted by Crippen LogP contribution is -2.14. The van der Waals surface area contributed by atoms with Crippen LogP contribution in [-0.2, 0) is 6.54 Å². The highest BCUT2D eigenvalue weighted by molar-refractivity contribution is 9.10. The molecule has 1 atom stereocenters. The van der Waals surface area contributed by atoms with E-state index in [1.807, 2.05) is 30.5 Å². The highest BCUT2D eigenvalue weighted by Crippen LogP contribution is 2.24. The van der Waals surface area contributed by atoms with Crippen molar-refractivity contribution in [1.82, 2.24) is 4.57 Å². The van der Waals surface area contributed by atoms with Crippen LogP contribution in [0.25, 0.3) is 10.9 Å². The Kier molecular flexibility index (Phi) is 3.63. The summed E-state index contributed by atoms with van der Waals surface area (Å²) >= 11 is 3.50. The minimum Gasteiger partial charge on any atom is -0.394 e. The first-order valence-electron chi connectivity index (χ1n) is 5.24. The van der Waals surface area contributed by atoms with Gasteiger partial charge >= 0.3 is 0 Å². The first-order valence-corrected chi connectivity index (χ1v) is 6.04. The summed E-state index contributed by atoms with van der Waals surface area (Å²) in [4.78, 5) is 0. The van der Waals surface area contributed by atoms with Crippen LogP contribution >= 0.6 is 15.9 Å². The monoisotopic (exact) mass is 283 g/mol. The van der Waals surface area contributed by atoms with Gasteiger partial charge in [-0.2, -0.15) is 0 Å². The quantitative estimate of drug-likeness (QED) is 0.903. The molecule has 3 nitrogen and oxygen atoms in total. The van der Waals surface area contributed by atoms with Crippen LogP contribution in [0.2, 0.25) is 0 Å². The summed E-state index contributed by atoms with van der Waals surface area (Å²) in [5.74, 6) is 0. The molecule has 0 aliphatic heterocycles. The van der Waals surface area contributed by atoms with Crippen molar-refractivity contribution in [3.8, 4) is 0 Å². The lowest BCUT2D eigenvalue weighted by atomic mass is 10.2. The second-order valence-electron chi connectivity index (χ2n) is 3.81. The van der Waals surface area contributed by atoms with Gasteiger partial charge in [0.1, 0.15) is 0 Å². The highest BCUT2D eigenvalue weighted by Gasteiger charge is 2.06. The van der Waals surface area contributed by atoms with Crippen molar-refractivity contribution >= 4 is 26.8 Å². The lowest BCUT2D eigenvalue weighted by molar-refractivity contribution is 0.0849. The molecule has 0 bridgehead atoms. The topological polar surface area (TPSA) is 45.4 Å². The van der Waals surface area contributed by atoms with Gasteiger partial charge < -0.3 is 14.8 Å². The number of halogens is 1. The van der Waals surface area contributed by atoms with Crippen LogP contribution in [0.5, 0.6) is 0 Å². The van der Waals surface area contributed by atoms with E-state index >= 15 is 0 Å². The van der Waals surface area contributed by atoms with Gasteiger partial charge in [-0.15, -0.1) is 0 Å². The molecule has 1 aromatic heterocycles. The van der Waals surface area contributed by atoms with Gasteiger partial charge in [-0.25, -0.2) is 0 Å². The standard InChI is InChI=1S/C12H14BrNO2/c13-11-2-1-3-12-10(11)5-7-14(12)6-4-9(16)8-15/h1-3,5,7,9,15-16H,4,6,8H2. The van der Waals surface area contributed by atoms with Crippen molar-refractivity contribution in [2.75, 3.05) is 6.61 Å². The Morgan fingerprint density at radius 2 is 2.12 bits per heavy atom. The van der Waals surface area contributed by atoms with Crippen molar-refractivity contribution in [1.29, 1.82) is 0 Å². The molecular weight excluding hydrogens is 270 g/mol. The van der Waals surface area contributed by atoms with Crippen molar-refractivity contribution in [3.63, 3.8) is 0 Å². The van der Waals surface area contributed by atoms with Crippen molar-refractivity contribution in [2.24, 2.45) is 0 Å². The molecular formula is C12H14BrNO2. The van der Waals surface area contributed by atoms with Gasteiger partial charge in [-0.05, 0) is 24.6 Å². The predicted molar refractivity (Wildman–Crippen MR) is 67.3 cm³/mol. The van der Waals surface area contributed by atoms with E-state index in [0.29, 0.717) is 13.0 Å². The van der Waals surface area contributed by atoms with E-state index < -0.39 is 6.10 Å². The maximum Gasteiger partial charge on any atom is 0.0787 e. The Morgan fingerprint density at radius 3 is 2.88 bits per heavy atom. The fourth-order valence-electron chi connectivity index (χ4n) is 1.76. The summed E-state index contributed by atoms with van der Waals surface area (Å²) in [5, 5.41) is 19.2. The van der Waals surface area contributed by atoms with Gasteiger partial charge in [-0.3, -0.25) is 0 Å². The summed E-state index contributed by atoms with van der Waals surface area (Å²) in [5.41, 5.74) is 1.14. The second kappa shape index (κ2) is 4.99. The van der Waals surface area contributed by atoms with Crippen LogP contribution in [0.3, 0.4) is 0 Å². The number of aryl methyl sites for hydroxylation is 1. The van der Waals surface area contributed by atoms with E-state index in [0.717, 1.165) is 9.99 Å². The summed E-state index contributed by atoms with van der Waals surface area (Å²) < 4.78 is 3.16. The molecule has 0 saturated carbocycles. The van der Waals surface area contributed by atoms with Crippen LogP contribution < -0.4 is 0 Å². The fraction of sp³-hybridized carbons (Fsp3) is 0.333. The molecule has 1 unspecified atom stereocenters. The Hall–Kier alpha value is -0.840. The molecule has 0 radical (unpaired) electrons. The van der Waals surface area contributed by atoms with E-state index in [-0.39, 0.29) is 6.61 Å². The third-order valence-corrected chi connectivity index (χ3v) is 3.37. The molecule has 2 rings (SSSR count). The van der Waals surface area contributed by atoms with Gasteiger partial charge in [0, 0.05) is 28.1 Å². The zero-order valence-corrected chi connectivity index (χ0v) is 10.4. The molecule has 86 valence electrons. The zero-order valence-electron chi connectivity index (χ0n) is 8.81. The van der Waals surface area contributed by atoms with Gasteiger partial charge in [0.15, 0.2) is 0 Å². The van der Waals surface area contributed by atoms with E-state index in [1.54, 1.807) is 0 Å². The molecule has 0 saturated heterocycles. The number of rotatable bonds is 4. The third-order valence-electron chi connectivity index (χ3n) is 2.67. The second-order valence-corrected chi connectivity index (χ2v) is 4.66. The van der Waals surface area contributed by atoms with Gasteiger partial charge in [0.25, 0.3) is 0 Å². The smallest absolute Gasteiger partial charge is 0.0787 e. The molecule has 0 spiro atoms. The third kappa shape index (κ3) is 2.29. The Morgan fingerprint density at radius 1 is 1.31 bits per heavy atom. The number of benzene rings is 1. The number of fused-ring (bicyclic) bond motifs is 1. The molecule has 0 aliphatic carbocycles. The number of aliphatic hydroxyl groups excluding tert-OH is 2. The molecule has 1 aromatic carbocycles. The summed E-state index contributed by atoms with van der Waals surface area (Å²) in [6, 6.07) is 8.09. The highest BCUT2D eigenvalue weighted by atomic mass is 79.9. The number of nitrogens with zero attached hydrogens (tertiary/aromatic N) is 1. The number of aliphatic hydroxyl groups is 2. The average Bonchev–Trinajstić information content (AvgIpc) is 2.70. The molecule has 2 aromatic rings. The van der Waals surface area contributed by atoms with Gasteiger partial charge in [0.05, 0.1) is 12.7 Å². The van der Waals surface area contributed by atoms with Crippen LogP contribution in [-0.4, -0.2) is 27.5 Å². The first-order chi connectivity index (χ1) is 7.72. The molecule has 0 aliphatic rings. The molecule has 0 amide bonds. The molecule has 0 fully saturated rings. The number of aromatic nitrogens is 1. The molecule has 4 heteroatoms. The number of hydrogen-bond acceptors (Lipinski definition) is 2. The maximum atomic E-state index is 9.31. The largest absolute Gasteiger partial charge is 0.394 e. The minimum atomic E-state index is -0.635. The Bertz CT molecular complexity index is 481. The van der Waals surface area contributed by atoms with Crippen molar-refractivity contribution in [2.45, 2.75) is 19.1 Å². The van der Waals surface area contributed by atoms with Gasteiger partial charge in [0.2, 0.25) is 0 Å². The Labute approximate surface area is 102 Å². The molecule has 1 heterocycles.